The molecule has 0 aliphatic heterocycles. The SMILES string of the molecule is CCCCCCCCCCCCCC(=O)N(CCCCC)[C@@H](CCC(=O)[O-])C(=O)O.[K+]. The van der Waals surface area contributed by atoms with Crippen LogP contribution in [0.25, 0.3) is 0 Å². The van der Waals surface area contributed by atoms with E-state index in [1.807, 2.05) is 6.92 Å². The normalized spacial score (nSPS) is 11.5. The number of hydrogen-bond donors (Lipinski definition) is 1. The summed E-state index contributed by atoms with van der Waals surface area (Å²) in [6, 6.07) is -1.08. The molecule has 0 heterocycles. The van der Waals surface area contributed by atoms with Gasteiger partial charge in [-0.25, -0.2) is 4.79 Å². The van der Waals surface area contributed by atoms with E-state index in [1.165, 1.54) is 56.3 Å². The van der Waals surface area contributed by atoms with Crippen LogP contribution in [0.1, 0.15) is 123 Å². The van der Waals surface area contributed by atoms with Crippen LogP contribution in [0.2, 0.25) is 0 Å². The van der Waals surface area contributed by atoms with Crippen LogP contribution in [-0.4, -0.2) is 40.4 Å². The number of nitrogens with zero attached hydrogens (tertiary/aromatic N) is 1. The number of unbranched alkanes of at least 4 members (excludes halogenated alkanes) is 12. The van der Waals surface area contributed by atoms with E-state index < -0.39 is 18.0 Å². The summed E-state index contributed by atoms with van der Waals surface area (Å²) in [7, 11) is 0. The van der Waals surface area contributed by atoms with Gasteiger partial charge in [-0.05, 0) is 25.7 Å². The maximum Gasteiger partial charge on any atom is 1.00 e. The number of carboxylic acid groups (broad SMARTS) is 2. The standard InChI is InChI=1S/C24H45NO5.K/c1-3-5-7-8-9-10-11-12-13-14-15-17-22(26)25(20-16-6-4-2)21(24(29)30)18-19-23(27)28;/h21H,3-20H2,1-2H3,(H,27,28)(H,29,30);/q;+1/p-1/t21-;/m0./s1. The monoisotopic (exact) mass is 465 g/mol. The quantitative estimate of drug-likeness (QED) is 0.205. The van der Waals surface area contributed by atoms with Crippen molar-refractivity contribution in [1.29, 1.82) is 0 Å². The molecule has 0 unspecified atom stereocenters. The second-order valence-electron chi connectivity index (χ2n) is 8.34. The third kappa shape index (κ3) is 19.2. The van der Waals surface area contributed by atoms with E-state index >= 15 is 0 Å². The molecule has 0 aromatic heterocycles. The van der Waals surface area contributed by atoms with Gasteiger partial charge in [0, 0.05) is 18.9 Å². The van der Waals surface area contributed by atoms with Gasteiger partial charge in [-0.2, -0.15) is 0 Å². The van der Waals surface area contributed by atoms with Gasteiger partial charge in [0.1, 0.15) is 6.04 Å². The zero-order valence-electron chi connectivity index (χ0n) is 20.3. The molecule has 1 atom stereocenters. The van der Waals surface area contributed by atoms with Crippen LogP contribution in [0.3, 0.4) is 0 Å². The fraction of sp³-hybridized carbons (Fsp3) is 0.875. The number of amides is 1. The summed E-state index contributed by atoms with van der Waals surface area (Å²) in [6.07, 6.45) is 15.6. The molecule has 6 nitrogen and oxygen atoms in total. The Bertz CT molecular complexity index is 473. The number of carbonyl (C=O) groups is 3. The molecule has 0 aromatic rings. The van der Waals surface area contributed by atoms with Gasteiger partial charge in [0.25, 0.3) is 0 Å². The van der Waals surface area contributed by atoms with E-state index in [-0.39, 0.29) is 70.1 Å². The first-order valence-electron chi connectivity index (χ1n) is 12.2. The van der Waals surface area contributed by atoms with Crippen LogP contribution in [0.15, 0.2) is 0 Å². The smallest absolute Gasteiger partial charge is 0.550 e. The Morgan fingerprint density at radius 3 is 1.65 bits per heavy atom. The molecule has 176 valence electrons. The molecule has 0 radical (unpaired) electrons. The Labute approximate surface area is 232 Å². The molecule has 7 heteroatoms. The minimum atomic E-state index is -1.28. The predicted octanol–water partition coefficient (Wildman–Crippen LogP) is 1.69. The maximum atomic E-state index is 12.7. The molecule has 0 saturated heterocycles. The summed E-state index contributed by atoms with van der Waals surface area (Å²) >= 11 is 0. The molecule has 0 spiro atoms. The molecular weight excluding hydrogens is 421 g/mol. The van der Waals surface area contributed by atoms with Crippen molar-refractivity contribution in [3.05, 3.63) is 0 Å². The van der Waals surface area contributed by atoms with Crippen LogP contribution in [-0.2, 0) is 14.4 Å². The summed E-state index contributed by atoms with van der Waals surface area (Å²) in [5.41, 5.74) is 0. The third-order valence-electron chi connectivity index (χ3n) is 5.60. The van der Waals surface area contributed by atoms with Crippen LogP contribution < -0.4 is 56.5 Å². The van der Waals surface area contributed by atoms with Gasteiger partial charge in [-0.15, -0.1) is 0 Å². The molecular formula is C24H44KNO5. The van der Waals surface area contributed by atoms with Gasteiger partial charge >= 0.3 is 57.4 Å². The summed E-state index contributed by atoms with van der Waals surface area (Å²) in [5.74, 6) is -2.60. The van der Waals surface area contributed by atoms with Gasteiger partial charge in [0.05, 0.1) is 0 Å². The Morgan fingerprint density at radius 2 is 1.19 bits per heavy atom. The van der Waals surface area contributed by atoms with Gasteiger partial charge in [-0.1, -0.05) is 90.9 Å². The first kappa shape index (κ1) is 33.2. The van der Waals surface area contributed by atoms with Crippen LogP contribution in [0, 0.1) is 0 Å². The van der Waals surface area contributed by atoms with Crippen molar-refractivity contribution in [3.63, 3.8) is 0 Å². The Kier molecular flexibility index (Phi) is 24.9. The fourth-order valence-corrected chi connectivity index (χ4v) is 3.74. The summed E-state index contributed by atoms with van der Waals surface area (Å²) in [6.45, 7) is 4.64. The first-order valence-corrected chi connectivity index (χ1v) is 12.2. The Balaban J connectivity index is 0. The maximum absolute atomic E-state index is 12.7. The molecule has 0 bridgehead atoms. The van der Waals surface area contributed by atoms with Gasteiger partial charge < -0.3 is 19.9 Å². The second-order valence-corrected chi connectivity index (χ2v) is 8.34. The third-order valence-corrected chi connectivity index (χ3v) is 5.60. The number of aliphatic carboxylic acids is 2. The topological polar surface area (TPSA) is 97.7 Å². The van der Waals surface area contributed by atoms with Crippen molar-refractivity contribution >= 4 is 17.8 Å². The second kappa shape index (κ2) is 23.2. The average Bonchev–Trinajstić information content (AvgIpc) is 2.70. The van der Waals surface area contributed by atoms with Crippen LogP contribution in [0.4, 0.5) is 0 Å². The van der Waals surface area contributed by atoms with Crippen LogP contribution >= 0.6 is 0 Å². The van der Waals surface area contributed by atoms with Crippen molar-refractivity contribution in [2.75, 3.05) is 6.54 Å². The van der Waals surface area contributed by atoms with Crippen molar-refractivity contribution in [2.45, 2.75) is 129 Å². The minimum absolute atomic E-state index is 0. The summed E-state index contributed by atoms with van der Waals surface area (Å²) < 4.78 is 0. The van der Waals surface area contributed by atoms with E-state index in [0.717, 1.165) is 38.5 Å². The van der Waals surface area contributed by atoms with E-state index in [9.17, 15) is 24.6 Å². The van der Waals surface area contributed by atoms with E-state index in [2.05, 4.69) is 6.92 Å². The zero-order valence-corrected chi connectivity index (χ0v) is 23.5. The molecule has 31 heavy (non-hydrogen) atoms. The number of hydrogen-bond acceptors (Lipinski definition) is 4. The van der Waals surface area contributed by atoms with Crippen molar-refractivity contribution < 1.29 is 76.0 Å². The van der Waals surface area contributed by atoms with E-state index in [0.29, 0.717) is 13.0 Å². The summed E-state index contributed by atoms with van der Waals surface area (Å²) in [4.78, 5) is 36.5. The number of carboxylic acids is 2. The summed E-state index contributed by atoms with van der Waals surface area (Å²) in [5, 5.41) is 20.3. The molecule has 0 aromatic carbocycles. The van der Waals surface area contributed by atoms with Gasteiger partial charge in [-0.3, -0.25) is 4.79 Å². The van der Waals surface area contributed by atoms with Crippen LogP contribution in [0.5, 0.6) is 0 Å². The van der Waals surface area contributed by atoms with E-state index in [1.54, 1.807) is 0 Å². The van der Waals surface area contributed by atoms with E-state index in [4.69, 9.17) is 0 Å². The van der Waals surface area contributed by atoms with Gasteiger partial charge in [0.15, 0.2) is 0 Å². The molecule has 0 saturated carbocycles. The molecule has 0 fully saturated rings. The molecule has 1 N–H and O–H groups in total. The molecule has 0 rings (SSSR count). The molecule has 0 aliphatic rings. The zero-order chi connectivity index (χ0) is 22.6. The fourth-order valence-electron chi connectivity index (χ4n) is 3.74. The van der Waals surface area contributed by atoms with Gasteiger partial charge in [0.2, 0.25) is 5.91 Å². The van der Waals surface area contributed by atoms with Crippen molar-refractivity contribution in [2.24, 2.45) is 0 Å². The molecule has 0 aliphatic carbocycles. The first-order chi connectivity index (χ1) is 14.4. The minimum Gasteiger partial charge on any atom is -0.550 e. The molecule has 1 amide bonds. The van der Waals surface area contributed by atoms with Crippen molar-refractivity contribution in [3.8, 4) is 0 Å². The largest absolute Gasteiger partial charge is 1.00 e. The number of rotatable bonds is 21. The average molecular weight is 466 g/mol. The Morgan fingerprint density at radius 1 is 0.742 bits per heavy atom. The Hall–Kier alpha value is 0.0464. The van der Waals surface area contributed by atoms with Crippen molar-refractivity contribution in [1.82, 2.24) is 4.90 Å². The predicted molar refractivity (Wildman–Crippen MR) is 118 cm³/mol. The number of carbonyl (C=O) groups excluding carboxylic acids is 2.